The lowest BCUT2D eigenvalue weighted by atomic mass is 9.77. The SMILES string of the molecule is CCCCC1CCC(c2cccc(N=C=S)c2OCCC)CC1. The third-order valence-electron chi connectivity index (χ3n) is 4.89. The zero-order chi connectivity index (χ0) is 16.5. The van der Waals surface area contributed by atoms with Gasteiger partial charge in [-0.3, -0.25) is 0 Å². The minimum absolute atomic E-state index is 0.597. The van der Waals surface area contributed by atoms with E-state index in [1.54, 1.807) is 0 Å². The first kappa shape index (κ1) is 18.2. The van der Waals surface area contributed by atoms with Gasteiger partial charge in [0.1, 0.15) is 11.4 Å². The summed E-state index contributed by atoms with van der Waals surface area (Å²) in [7, 11) is 0. The summed E-state index contributed by atoms with van der Waals surface area (Å²) in [6.45, 7) is 5.14. The average Bonchev–Trinajstić information content (AvgIpc) is 2.59. The van der Waals surface area contributed by atoms with Gasteiger partial charge in [0.2, 0.25) is 0 Å². The molecule has 0 N–H and O–H groups in total. The molecule has 2 nitrogen and oxygen atoms in total. The standard InChI is InChI=1S/C20H29NOS/c1-3-5-7-16-10-12-17(13-11-16)18-8-6-9-19(21-15-23)20(18)22-14-4-2/h6,8-9,16-17H,3-5,7,10-14H2,1-2H3. The van der Waals surface area contributed by atoms with Crippen molar-refractivity contribution < 1.29 is 4.74 Å². The lowest BCUT2D eigenvalue weighted by Crippen LogP contribution is -2.14. The van der Waals surface area contributed by atoms with Crippen LogP contribution in [0.2, 0.25) is 0 Å². The fourth-order valence-electron chi connectivity index (χ4n) is 3.62. The van der Waals surface area contributed by atoms with Gasteiger partial charge < -0.3 is 4.74 Å². The third kappa shape index (κ3) is 5.16. The first-order valence-electron chi connectivity index (χ1n) is 9.13. The van der Waals surface area contributed by atoms with E-state index >= 15 is 0 Å². The van der Waals surface area contributed by atoms with Gasteiger partial charge in [-0.15, -0.1) is 0 Å². The zero-order valence-electron chi connectivity index (χ0n) is 14.5. The van der Waals surface area contributed by atoms with Crippen LogP contribution < -0.4 is 4.74 Å². The minimum atomic E-state index is 0.597. The van der Waals surface area contributed by atoms with Crippen molar-refractivity contribution in [3.05, 3.63) is 23.8 Å². The normalized spacial score (nSPS) is 20.8. The largest absolute Gasteiger partial charge is 0.491 e. The summed E-state index contributed by atoms with van der Waals surface area (Å²) in [5.74, 6) is 2.46. The Labute approximate surface area is 146 Å². The van der Waals surface area contributed by atoms with Crippen LogP contribution in [0, 0.1) is 5.92 Å². The Morgan fingerprint density at radius 1 is 1.17 bits per heavy atom. The van der Waals surface area contributed by atoms with Crippen molar-refractivity contribution in [2.45, 2.75) is 71.1 Å². The van der Waals surface area contributed by atoms with Crippen LogP contribution in [-0.4, -0.2) is 11.8 Å². The summed E-state index contributed by atoms with van der Waals surface area (Å²) < 4.78 is 6.03. The highest BCUT2D eigenvalue weighted by atomic mass is 32.1. The van der Waals surface area contributed by atoms with Gasteiger partial charge in [0.15, 0.2) is 0 Å². The molecule has 1 saturated carbocycles. The van der Waals surface area contributed by atoms with E-state index in [2.05, 4.69) is 36.1 Å². The molecule has 1 fully saturated rings. The summed E-state index contributed by atoms with van der Waals surface area (Å²) >= 11 is 4.79. The van der Waals surface area contributed by atoms with E-state index < -0.39 is 0 Å². The summed E-state index contributed by atoms with van der Waals surface area (Å²) in [5, 5.41) is 2.49. The molecule has 0 heterocycles. The average molecular weight is 332 g/mol. The first-order chi connectivity index (χ1) is 11.3. The van der Waals surface area contributed by atoms with E-state index in [9.17, 15) is 0 Å². The van der Waals surface area contributed by atoms with Gasteiger partial charge in [0, 0.05) is 0 Å². The predicted molar refractivity (Wildman–Crippen MR) is 101 cm³/mol. The molecule has 1 aliphatic carbocycles. The molecule has 126 valence electrons. The summed E-state index contributed by atoms with van der Waals surface area (Å²) in [6, 6.07) is 6.26. The molecule has 0 aromatic heterocycles. The molecular weight excluding hydrogens is 302 g/mol. The molecule has 1 aromatic carbocycles. The molecule has 0 saturated heterocycles. The number of hydrogen-bond donors (Lipinski definition) is 0. The summed E-state index contributed by atoms with van der Waals surface area (Å²) in [6.07, 6.45) is 10.3. The van der Waals surface area contributed by atoms with Crippen molar-refractivity contribution >= 4 is 23.1 Å². The van der Waals surface area contributed by atoms with E-state index in [1.807, 2.05) is 6.07 Å². The van der Waals surface area contributed by atoms with Crippen LogP contribution in [0.1, 0.15) is 76.7 Å². The Hall–Kier alpha value is -1.18. The number of para-hydroxylation sites is 1. The number of rotatable bonds is 8. The van der Waals surface area contributed by atoms with Gasteiger partial charge in [0.25, 0.3) is 0 Å². The van der Waals surface area contributed by atoms with Crippen molar-refractivity contribution in [2.75, 3.05) is 6.61 Å². The van der Waals surface area contributed by atoms with Crippen LogP contribution in [0.4, 0.5) is 5.69 Å². The summed E-state index contributed by atoms with van der Waals surface area (Å²) in [5.41, 5.74) is 2.15. The molecule has 0 bridgehead atoms. The zero-order valence-corrected chi connectivity index (χ0v) is 15.3. The molecule has 2 rings (SSSR count). The fourth-order valence-corrected chi connectivity index (χ4v) is 3.72. The predicted octanol–water partition coefficient (Wildman–Crippen LogP) is 6.67. The molecule has 0 amide bonds. The van der Waals surface area contributed by atoms with Gasteiger partial charge >= 0.3 is 0 Å². The van der Waals surface area contributed by atoms with Crippen LogP contribution in [-0.2, 0) is 0 Å². The molecule has 0 unspecified atom stereocenters. The topological polar surface area (TPSA) is 21.6 Å². The van der Waals surface area contributed by atoms with E-state index in [0.717, 1.165) is 30.4 Å². The second-order valence-electron chi connectivity index (χ2n) is 6.61. The van der Waals surface area contributed by atoms with E-state index in [-0.39, 0.29) is 0 Å². The molecule has 1 aliphatic rings. The highest BCUT2D eigenvalue weighted by molar-refractivity contribution is 7.78. The Balaban J connectivity index is 2.12. The number of hydrogen-bond acceptors (Lipinski definition) is 3. The number of isothiocyanates is 1. The molecule has 0 atom stereocenters. The number of thiocarbonyl (C=S) groups is 1. The lowest BCUT2D eigenvalue weighted by Gasteiger charge is -2.30. The van der Waals surface area contributed by atoms with Crippen molar-refractivity contribution in [3.8, 4) is 5.75 Å². The molecule has 0 aliphatic heterocycles. The van der Waals surface area contributed by atoms with Gasteiger partial charge in [-0.25, -0.2) is 0 Å². The fraction of sp³-hybridized carbons (Fsp3) is 0.650. The maximum Gasteiger partial charge on any atom is 0.149 e. The molecule has 3 heteroatoms. The maximum absolute atomic E-state index is 6.03. The Bertz CT molecular complexity index is 528. The van der Waals surface area contributed by atoms with E-state index in [4.69, 9.17) is 17.0 Å². The van der Waals surface area contributed by atoms with Crippen LogP contribution in [0.5, 0.6) is 5.75 Å². The maximum atomic E-state index is 6.03. The highest BCUT2D eigenvalue weighted by Gasteiger charge is 2.25. The number of ether oxygens (including phenoxy) is 1. The van der Waals surface area contributed by atoms with Crippen molar-refractivity contribution in [1.82, 2.24) is 0 Å². The van der Waals surface area contributed by atoms with Crippen molar-refractivity contribution in [3.63, 3.8) is 0 Å². The molecule has 0 radical (unpaired) electrons. The first-order valence-corrected chi connectivity index (χ1v) is 9.54. The second-order valence-corrected chi connectivity index (χ2v) is 6.79. The summed E-state index contributed by atoms with van der Waals surface area (Å²) in [4.78, 5) is 4.21. The Kier molecular flexibility index (Phi) is 7.78. The monoisotopic (exact) mass is 331 g/mol. The van der Waals surface area contributed by atoms with E-state index in [1.165, 1.54) is 50.5 Å². The van der Waals surface area contributed by atoms with Gasteiger partial charge in [-0.2, -0.15) is 4.99 Å². The van der Waals surface area contributed by atoms with Gasteiger partial charge in [-0.05, 0) is 67.8 Å². The number of unbranched alkanes of at least 4 members (excludes halogenated alkanes) is 1. The van der Waals surface area contributed by atoms with Crippen LogP contribution in [0.3, 0.4) is 0 Å². The third-order valence-corrected chi connectivity index (χ3v) is 4.99. The van der Waals surface area contributed by atoms with Crippen LogP contribution >= 0.6 is 12.2 Å². The van der Waals surface area contributed by atoms with Crippen molar-refractivity contribution in [1.29, 1.82) is 0 Å². The molecule has 1 aromatic rings. The number of benzene rings is 1. The smallest absolute Gasteiger partial charge is 0.149 e. The van der Waals surface area contributed by atoms with Crippen LogP contribution in [0.25, 0.3) is 0 Å². The second kappa shape index (κ2) is 9.85. The van der Waals surface area contributed by atoms with Gasteiger partial charge in [-0.1, -0.05) is 45.2 Å². The molecule has 0 spiro atoms. The van der Waals surface area contributed by atoms with Gasteiger partial charge in [0.05, 0.1) is 11.8 Å². The van der Waals surface area contributed by atoms with E-state index in [0.29, 0.717) is 5.92 Å². The highest BCUT2D eigenvalue weighted by Crippen LogP contribution is 2.44. The quantitative estimate of drug-likeness (QED) is 0.392. The Morgan fingerprint density at radius 2 is 1.96 bits per heavy atom. The van der Waals surface area contributed by atoms with Crippen LogP contribution in [0.15, 0.2) is 23.2 Å². The lowest BCUT2D eigenvalue weighted by molar-refractivity contribution is 0.286. The molecule has 23 heavy (non-hydrogen) atoms. The Morgan fingerprint density at radius 3 is 2.61 bits per heavy atom. The molecular formula is C20H29NOS. The number of nitrogens with zero attached hydrogens (tertiary/aromatic N) is 1. The van der Waals surface area contributed by atoms with Crippen molar-refractivity contribution in [2.24, 2.45) is 10.9 Å². The number of aliphatic imine (C=N–C) groups is 1. The minimum Gasteiger partial charge on any atom is -0.491 e.